The minimum Gasteiger partial charge on any atom is -0.485 e. The Bertz CT molecular complexity index is 1300. The Labute approximate surface area is 185 Å². The van der Waals surface area contributed by atoms with Crippen molar-refractivity contribution in [2.75, 3.05) is 11.9 Å². The Morgan fingerprint density at radius 2 is 1.66 bits per heavy atom. The standard InChI is InChI=1S/C27H22FNO3/c1-18-6-4-7-19(14-18)15-22(30)17-32-26-13-12-25(23-10-2-3-11-24(23)26)29-27(31)20-8-5-9-21(28)16-20/h2-14,16H,15,17H2,1H3,(H,29,31). The lowest BCUT2D eigenvalue weighted by molar-refractivity contribution is -0.120. The third-order valence-corrected chi connectivity index (χ3v) is 5.09. The number of Topliss-reactive ketones (excluding diaryl/α,β-unsaturated/α-hetero) is 1. The summed E-state index contributed by atoms with van der Waals surface area (Å²) in [5, 5.41) is 4.37. The molecule has 4 aromatic rings. The second kappa shape index (κ2) is 9.43. The van der Waals surface area contributed by atoms with E-state index in [1.807, 2.05) is 55.5 Å². The maximum absolute atomic E-state index is 13.5. The zero-order valence-corrected chi connectivity index (χ0v) is 17.6. The van der Waals surface area contributed by atoms with Crippen LogP contribution in [0.1, 0.15) is 21.5 Å². The van der Waals surface area contributed by atoms with Crippen molar-refractivity contribution in [3.8, 4) is 5.75 Å². The molecule has 1 amide bonds. The van der Waals surface area contributed by atoms with Gasteiger partial charge in [0.25, 0.3) is 5.91 Å². The molecule has 0 aromatic heterocycles. The number of halogens is 1. The highest BCUT2D eigenvalue weighted by molar-refractivity contribution is 6.10. The monoisotopic (exact) mass is 427 g/mol. The Balaban J connectivity index is 1.50. The normalized spacial score (nSPS) is 10.7. The topological polar surface area (TPSA) is 55.4 Å². The predicted molar refractivity (Wildman–Crippen MR) is 124 cm³/mol. The molecule has 0 atom stereocenters. The highest BCUT2D eigenvalue weighted by Gasteiger charge is 2.13. The molecule has 0 fully saturated rings. The number of ketones is 1. The summed E-state index contributed by atoms with van der Waals surface area (Å²) in [4.78, 5) is 25.0. The van der Waals surface area contributed by atoms with Crippen molar-refractivity contribution in [1.29, 1.82) is 0 Å². The van der Waals surface area contributed by atoms with Gasteiger partial charge in [-0.15, -0.1) is 0 Å². The maximum Gasteiger partial charge on any atom is 0.255 e. The first kappa shape index (κ1) is 21.2. The van der Waals surface area contributed by atoms with Crippen LogP contribution < -0.4 is 10.1 Å². The molecule has 0 spiro atoms. The van der Waals surface area contributed by atoms with Crippen LogP contribution >= 0.6 is 0 Å². The summed E-state index contributed by atoms with van der Waals surface area (Å²) < 4.78 is 19.3. The van der Waals surface area contributed by atoms with E-state index < -0.39 is 11.7 Å². The molecule has 0 aliphatic rings. The van der Waals surface area contributed by atoms with Crippen molar-refractivity contribution < 1.29 is 18.7 Å². The van der Waals surface area contributed by atoms with Gasteiger partial charge in [0.2, 0.25) is 0 Å². The fraction of sp³-hybridized carbons (Fsp3) is 0.111. The summed E-state index contributed by atoms with van der Waals surface area (Å²) >= 11 is 0. The van der Waals surface area contributed by atoms with Crippen molar-refractivity contribution in [3.05, 3.63) is 107 Å². The number of carbonyl (C=O) groups is 2. The third-order valence-electron chi connectivity index (χ3n) is 5.09. The molecule has 0 aliphatic carbocycles. The van der Waals surface area contributed by atoms with E-state index in [-0.39, 0.29) is 18.0 Å². The van der Waals surface area contributed by atoms with E-state index in [0.717, 1.165) is 21.9 Å². The predicted octanol–water partition coefficient (Wildman–Crippen LogP) is 5.73. The van der Waals surface area contributed by atoms with Crippen molar-refractivity contribution >= 4 is 28.2 Å². The summed E-state index contributed by atoms with van der Waals surface area (Å²) in [5.74, 6) is -0.344. The lowest BCUT2D eigenvalue weighted by Crippen LogP contribution is -2.14. The van der Waals surface area contributed by atoms with Gasteiger partial charge in [-0.25, -0.2) is 4.39 Å². The SMILES string of the molecule is Cc1cccc(CC(=O)COc2ccc(NC(=O)c3cccc(F)c3)c3ccccc23)c1. The number of aryl methyl sites for hydroxylation is 1. The molecule has 160 valence electrons. The highest BCUT2D eigenvalue weighted by atomic mass is 19.1. The number of hydrogen-bond donors (Lipinski definition) is 1. The maximum atomic E-state index is 13.5. The van der Waals surface area contributed by atoms with E-state index in [9.17, 15) is 14.0 Å². The average molecular weight is 427 g/mol. The number of carbonyl (C=O) groups excluding carboxylic acids is 2. The molecule has 0 saturated heterocycles. The van der Waals surface area contributed by atoms with Gasteiger partial charge in [0.15, 0.2) is 5.78 Å². The van der Waals surface area contributed by atoms with Gasteiger partial charge in [-0.2, -0.15) is 0 Å². The molecule has 0 saturated carbocycles. The van der Waals surface area contributed by atoms with Crippen molar-refractivity contribution in [2.24, 2.45) is 0 Å². The first-order valence-corrected chi connectivity index (χ1v) is 10.3. The fourth-order valence-electron chi connectivity index (χ4n) is 3.59. The number of nitrogens with one attached hydrogen (secondary N) is 1. The Kier molecular flexibility index (Phi) is 6.26. The van der Waals surface area contributed by atoms with Gasteiger partial charge in [0.1, 0.15) is 18.2 Å². The van der Waals surface area contributed by atoms with Crippen LogP contribution in [0.4, 0.5) is 10.1 Å². The van der Waals surface area contributed by atoms with E-state index >= 15 is 0 Å². The molecule has 32 heavy (non-hydrogen) atoms. The van der Waals surface area contributed by atoms with Crippen LogP contribution in [-0.2, 0) is 11.2 Å². The molecule has 4 aromatic carbocycles. The molecule has 0 unspecified atom stereocenters. The van der Waals surface area contributed by atoms with Gasteiger partial charge in [0.05, 0.1) is 0 Å². The largest absolute Gasteiger partial charge is 0.485 e. The van der Waals surface area contributed by atoms with Crippen LogP contribution in [0, 0.1) is 12.7 Å². The third kappa shape index (κ3) is 5.01. The molecule has 4 rings (SSSR count). The van der Waals surface area contributed by atoms with E-state index in [0.29, 0.717) is 17.9 Å². The molecular formula is C27H22FNO3. The Morgan fingerprint density at radius 3 is 2.44 bits per heavy atom. The zero-order chi connectivity index (χ0) is 22.5. The molecular weight excluding hydrogens is 405 g/mol. The highest BCUT2D eigenvalue weighted by Crippen LogP contribution is 2.32. The smallest absolute Gasteiger partial charge is 0.255 e. The first-order valence-electron chi connectivity index (χ1n) is 10.3. The number of rotatable bonds is 7. The molecule has 0 aliphatic heterocycles. The summed E-state index contributed by atoms with van der Waals surface area (Å²) in [6.45, 7) is 1.94. The number of benzene rings is 4. The lowest BCUT2D eigenvalue weighted by Gasteiger charge is -2.13. The van der Waals surface area contributed by atoms with Crippen LogP contribution in [0.2, 0.25) is 0 Å². The summed E-state index contributed by atoms with van der Waals surface area (Å²) in [6.07, 6.45) is 0.307. The van der Waals surface area contributed by atoms with Crippen molar-refractivity contribution in [3.63, 3.8) is 0 Å². The van der Waals surface area contributed by atoms with Crippen LogP contribution in [-0.4, -0.2) is 18.3 Å². The second-order valence-electron chi connectivity index (χ2n) is 7.61. The van der Waals surface area contributed by atoms with E-state index in [2.05, 4.69) is 5.32 Å². The number of anilines is 1. The van der Waals surface area contributed by atoms with E-state index in [1.165, 1.54) is 18.2 Å². The van der Waals surface area contributed by atoms with Gasteiger partial charge in [-0.1, -0.05) is 60.2 Å². The molecule has 0 heterocycles. The van der Waals surface area contributed by atoms with E-state index in [1.54, 1.807) is 18.2 Å². The summed E-state index contributed by atoms with van der Waals surface area (Å²) in [6, 6.07) is 24.3. The van der Waals surface area contributed by atoms with Gasteiger partial charge in [0, 0.05) is 28.4 Å². The first-order chi connectivity index (χ1) is 15.5. The zero-order valence-electron chi connectivity index (χ0n) is 17.6. The van der Waals surface area contributed by atoms with Crippen LogP contribution in [0.15, 0.2) is 84.9 Å². The number of hydrogen-bond acceptors (Lipinski definition) is 3. The molecule has 4 nitrogen and oxygen atoms in total. The lowest BCUT2D eigenvalue weighted by atomic mass is 10.1. The van der Waals surface area contributed by atoms with Crippen LogP contribution in [0.3, 0.4) is 0 Å². The minimum absolute atomic E-state index is 0.0248. The van der Waals surface area contributed by atoms with Crippen molar-refractivity contribution in [2.45, 2.75) is 13.3 Å². The van der Waals surface area contributed by atoms with Gasteiger partial charge < -0.3 is 10.1 Å². The van der Waals surface area contributed by atoms with Gasteiger partial charge in [-0.05, 0) is 42.8 Å². The molecule has 5 heteroatoms. The quantitative estimate of drug-likeness (QED) is 0.410. The number of ether oxygens (including phenoxy) is 1. The second-order valence-corrected chi connectivity index (χ2v) is 7.61. The van der Waals surface area contributed by atoms with Crippen LogP contribution in [0.5, 0.6) is 5.75 Å². The molecule has 0 bridgehead atoms. The number of fused-ring (bicyclic) bond motifs is 1. The van der Waals surface area contributed by atoms with Gasteiger partial charge >= 0.3 is 0 Å². The van der Waals surface area contributed by atoms with E-state index in [4.69, 9.17) is 4.74 Å². The van der Waals surface area contributed by atoms with Crippen LogP contribution in [0.25, 0.3) is 10.8 Å². The van der Waals surface area contributed by atoms with Crippen molar-refractivity contribution in [1.82, 2.24) is 0 Å². The minimum atomic E-state index is -0.471. The molecule has 1 N–H and O–H groups in total. The average Bonchev–Trinajstić information content (AvgIpc) is 2.78. The number of amides is 1. The fourth-order valence-corrected chi connectivity index (χ4v) is 3.59. The Hall–Kier alpha value is -3.99. The summed E-state index contributed by atoms with van der Waals surface area (Å²) in [7, 11) is 0. The Morgan fingerprint density at radius 1 is 0.875 bits per heavy atom. The molecule has 0 radical (unpaired) electrons. The van der Waals surface area contributed by atoms with Gasteiger partial charge in [-0.3, -0.25) is 9.59 Å². The summed E-state index contributed by atoms with van der Waals surface area (Å²) in [5.41, 5.74) is 2.88.